The van der Waals surface area contributed by atoms with Crippen molar-refractivity contribution in [3.8, 4) is 23.0 Å². The van der Waals surface area contributed by atoms with Crippen LogP contribution in [0.25, 0.3) is 11.1 Å². The molecule has 2 unspecified atom stereocenters. The van der Waals surface area contributed by atoms with Crippen molar-refractivity contribution in [3.63, 3.8) is 0 Å². The lowest BCUT2D eigenvalue weighted by molar-refractivity contribution is 0.0557. The van der Waals surface area contributed by atoms with E-state index in [0.29, 0.717) is 12.4 Å². The second kappa shape index (κ2) is 9.39. The van der Waals surface area contributed by atoms with Crippen molar-refractivity contribution >= 4 is 11.1 Å². The molecular formula is C28H28FNO4. The van der Waals surface area contributed by atoms with Crippen LogP contribution in [0.1, 0.15) is 36.1 Å². The molecule has 0 aromatic heterocycles. The van der Waals surface area contributed by atoms with Gasteiger partial charge in [-0.25, -0.2) is 4.39 Å². The average molecular weight is 462 g/mol. The van der Waals surface area contributed by atoms with Crippen LogP contribution in [0.15, 0.2) is 66.7 Å². The van der Waals surface area contributed by atoms with Crippen molar-refractivity contribution in [2.45, 2.75) is 25.5 Å². The van der Waals surface area contributed by atoms with Gasteiger partial charge in [0.25, 0.3) is 0 Å². The van der Waals surface area contributed by atoms with Crippen LogP contribution in [0.2, 0.25) is 0 Å². The number of phenolic OH excluding ortho intramolecular Hbond substituents is 2. The van der Waals surface area contributed by atoms with Crippen LogP contribution in [0, 0.1) is 0 Å². The first-order valence-electron chi connectivity index (χ1n) is 11.6. The summed E-state index contributed by atoms with van der Waals surface area (Å²) in [6.45, 7) is 3.87. The van der Waals surface area contributed by atoms with E-state index in [-0.39, 0.29) is 30.3 Å². The molecule has 34 heavy (non-hydrogen) atoms. The smallest absolute Gasteiger partial charge is 0.150 e. The topological polar surface area (TPSA) is 62.2 Å². The highest BCUT2D eigenvalue weighted by atomic mass is 19.1. The number of aromatic hydroxyl groups is 2. The molecule has 0 radical (unpaired) electrons. The number of hydrogen-bond acceptors (Lipinski definition) is 5. The fourth-order valence-electron chi connectivity index (χ4n) is 4.70. The summed E-state index contributed by atoms with van der Waals surface area (Å²) in [5.41, 5.74) is 4.53. The van der Waals surface area contributed by atoms with Crippen LogP contribution in [-0.4, -0.2) is 47.5 Å². The number of alkyl halides is 1. The first-order valence-corrected chi connectivity index (χ1v) is 11.6. The van der Waals surface area contributed by atoms with Crippen LogP contribution in [0.4, 0.5) is 4.39 Å². The van der Waals surface area contributed by atoms with Gasteiger partial charge in [-0.1, -0.05) is 24.3 Å². The second-order valence-electron chi connectivity index (χ2n) is 8.82. The standard InChI is InChI=1S/C28H28FNO4/c1-18-25-16-23(32)7-10-26(25)34-28(27(18)20-3-2-4-22(31)15-20)19-5-8-24(9-6-19)33-14-13-30-12-11-21(30)17-29/h2-10,15-16,21,28,31-32H,11-14,17H2,1H3. The monoisotopic (exact) mass is 461 g/mol. The molecule has 0 bridgehead atoms. The van der Waals surface area contributed by atoms with Crippen molar-refractivity contribution in [1.82, 2.24) is 4.90 Å². The van der Waals surface area contributed by atoms with Crippen LogP contribution in [-0.2, 0) is 0 Å². The normalized spacial score (nSPS) is 19.8. The predicted molar refractivity (Wildman–Crippen MR) is 130 cm³/mol. The molecule has 5 rings (SSSR count). The van der Waals surface area contributed by atoms with E-state index in [0.717, 1.165) is 53.1 Å². The fraction of sp³-hybridized carbons (Fsp3) is 0.286. The highest BCUT2D eigenvalue weighted by Gasteiger charge is 2.30. The number of halogens is 1. The molecule has 1 fully saturated rings. The first kappa shape index (κ1) is 22.3. The SMILES string of the molecule is CC1=C(c2cccc(O)c2)C(c2ccc(OCCN3CCC3CF)cc2)Oc2ccc(O)cc21. The van der Waals surface area contributed by atoms with Gasteiger partial charge in [-0.2, -0.15) is 0 Å². The van der Waals surface area contributed by atoms with Crippen molar-refractivity contribution in [2.75, 3.05) is 26.4 Å². The Bertz CT molecular complexity index is 1210. The number of allylic oxidation sites excluding steroid dienone is 1. The number of fused-ring (bicyclic) bond motifs is 1. The van der Waals surface area contributed by atoms with Gasteiger partial charge >= 0.3 is 0 Å². The molecule has 0 aliphatic carbocycles. The van der Waals surface area contributed by atoms with Crippen molar-refractivity contribution < 1.29 is 24.1 Å². The Balaban J connectivity index is 1.40. The summed E-state index contributed by atoms with van der Waals surface area (Å²) in [5.74, 6) is 1.80. The van der Waals surface area contributed by atoms with E-state index < -0.39 is 0 Å². The van der Waals surface area contributed by atoms with E-state index in [9.17, 15) is 14.6 Å². The van der Waals surface area contributed by atoms with Gasteiger partial charge < -0.3 is 19.7 Å². The van der Waals surface area contributed by atoms with E-state index >= 15 is 0 Å². The van der Waals surface area contributed by atoms with Gasteiger partial charge in [-0.15, -0.1) is 0 Å². The molecule has 2 atom stereocenters. The number of likely N-dealkylation sites (tertiary alicyclic amines) is 1. The number of hydrogen-bond donors (Lipinski definition) is 2. The van der Waals surface area contributed by atoms with E-state index in [1.807, 2.05) is 43.3 Å². The largest absolute Gasteiger partial charge is 0.508 e. The molecule has 2 heterocycles. The second-order valence-corrected chi connectivity index (χ2v) is 8.82. The Morgan fingerprint density at radius 2 is 1.82 bits per heavy atom. The van der Waals surface area contributed by atoms with Gasteiger partial charge in [0.15, 0.2) is 0 Å². The molecule has 5 nitrogen and oxygen atoms in total. The number of phenols is 2. The summed E-state index contributed by atoms with van der Waals surface area (Å²) < 4.78 is 25.2. The molecule has 1 saturated heterocycles. The third-order valence-electron chi connectivity index (χ3n) is 6.71. The van der Waals surface area contributed by atoms with Gasteiger partial charge in [0.1, 0.15) is 42.4 Å². The maximum absolute atomic E-state index is 12.9. The average Bonchev–Trinajstić information content (AvgIpc) is 2.82. The Morgan fingerprint density at radius 3 is 2.53 bits per heavy atom. The van der Waals surface area contributed by atoms with Crippen LogP contribution in [0.5, 0.6) is 23.0 Å². The minimum atomic E-state index is -0.390. The van der Waals surface area contributed by atoms with Gasteiger partial charge in [-0.3, -0.25) is 4.90 Å². The van der Waals surface area contributed by atoms with Crippen LogP contribution in [0.3, 0.4) is 0 Å². The number of rotatable bonds is 7. The van der Waals surface area contributed by atoms with Gasteiger partial charge in [-0.05, 0) is 72.5 Å². The number of nitrogens with zero attached hydrogens (tertiary/aromatic N) is 1. The molecule has 3 aromatic carbocycles. The van der Waals surface area contributed by atoms with E-state index in [1.165, 1.54) is 0 Å². The minimum absolute atomic E-state index is 0.0464. The van der Waals surface area contributed by atoms with Crippen molar-refractivity contribution in [1.29, 1.82) is 0 Å². The lowest BCUT2D eigenvalue weighted by Crippen LogP contribution is -2.50. The lowest BCUT2D eigenvalue weighted by Gasteiger charge is -2.39. The molecule has 2 N–H and O–H groups in total. The Morgan fingerprint density at radius 1 is 1.03 bits per heavy atom. The number of ether oxygens (including phenoxy) is 2. The molecule has 0 amide bonds. The van der Waals surface area contributed by atoms with Gasteiger partial charge in [0.05, 0.1) is 0 Å². The van der Waals surface area contributed by atoms with E-state index in [2.05, 4.69) is 4.90 Å². The summed E-state index contributed by atoms with van der Waals surface area (Å²) in [5, 5.41) is 20.1. The highest BCUT2D eigenvalue weighted by Crippen LogP contribution is 2.47. The maximum Gasteiger partial charge on any atom is 0.150 e. The molecule has 3 aromatic rings. The fourth-order valence-corrected chi connectivity index (χ4v) is 4.70. The zero-order valence-electron chi connectivity index (χ0n) is 19.1. The molecule has 0 spiro atoms. The third kappa shape index (κ3) is 4.33. The quantitative estimate of drug-likeness (QED) is 0.481. The van der Waals surface area contributed by atoms with Gasteiger partial charge in [0.2, 0.25) is 0 Å². The molecule has 2 aliphatic rings. The van der Waals surface area contributed by atoms with Crippen molar-refractivity contribution in [3.05, 3.63) is 83.4 Å². The summed E-state index contributed by atoms with van der Waals surface area (Å²) in [6.07, 6.45) is 0.531. The van der Waals surface area contributed by atoms with Gasteiger partial charge in [0, 0.05) is 30.3 Å². The highest BCUT2D eigenvalue weighted by molar-refractivity contribution is 5.95. The van der Waals surface area contributed by atoms with Crippen molar-refractivity contribution in [2.24, 2.45) is 0 Å². The molecule has 0 saturated carbocycles. The zero-order chi connectivity index (χ0) is 23.7. The molecule has 6 heteroatoms. The summed E-state index contributed by atoms with van der Waals surface area (Å²) in [4.78, 5) is 2.11. The first-order chi connectivity index (χ1) is 16.5. The summed E-state index contributed by atoms with van der Waals surface area (Å²) in [7, 11) is 0. The Kier molecular flexibility index (Phi) is 6.16. The molecule has 176 valence electrons. The molecular weight excluding hydrogens is 433 g/mol. The van der Waals surface area contributed by atoms with Crippen LogP contribution < -0.4 is 9.47 Å². The Hall–Kier alpha value is -3.51. The van der Waals surface area contributed by atoms with E-state index in [4.69, 9.17) is 9.47 Å². The maximum atomic E-state index is 12.9. The third-order valence-corrected chi connectivity index (χ3v) is 6.71. The zero-order valence-corrected chi connectivity index (χ0v) is 19.1. The lowest BCUT2D eigenvalue weighted by atomic mass is 9.86. The minimum Gasteiger partial charge on any atom is -0.508 e. The van der Waals surface area contributed by atoms with Crippen LogP contribution >= 0.6 is 0 Å². The van der Waals surface area contributed by atoms with E-state index in [1.54, 1.807) is 30.3 Å². The predicted octanol–water partition coefficient (Wildman–Crippen LogP) is 5.58. The molecule has 2 aliphatic heterocycles. The summed E-state index contributed by atoms with van der Waals surface area (Å²) in [6, 6.07) is 20.1. The summed E-state index contributed by atoms with van der Waals surface area (Å²) >= 11 is 0. The number of benzene rings is 3. The Labute approximate surface area is 198 Å².